The average molecular weight is 349 g/mol. The first-order chi connectivity index (χ1) is 8.75. The highest BCUT2D eigenvalue weighted by atomic mass is 79.9. The van der Waals surface area contributed by atoms with Crippen molar-refractivity contribution in [3.63, 3.8) is 0 Å². The molecule has 0 fully saturated rings. The van der Waals surface area contributed by atoms with Crippen molar-refractivity contribution in [1.82, 2.24) is 9.71 Å². The van der Waals surface area contributed by atoms with Gasteiger partial charge in [0, 0.05) is 27.6 Å². The van der Waals surface area contributed by atoms with E-state index in [-0.39, 0.29) is 0 Å². The van der Waals surface area contributed by atoms with Crippen LogP contribution in [0.4, 0.5) is 4.39 Å². The molecule has 19 heavy (non-hydrogen) atoms. The molecule has 0 saturated heterocycles. The molecule has 1 unspecified atom stereocenters. The van der Waals surface area contributed by atoms with Crippen molar-refractivity contribution in [3.8, 4) is 0 Å². The van der Waals surface area contributed by atoms with Crippen LogP contribution in [0.25, 0.3) is 0 Å². The second-order valence-corrected chi connectivity index (χ2v) is 8.02. The Morgan fingerprint density at radius 2 is 2.26 bits per heavy atom. The molecule has 0 aliphatic rings. The van der Waals surface area contributed by atoms with Crippen molar-refractivity contribution in [2.45, 2.75) is 38.0 Å². The summed E-state index contributed by atoms with van der Waals surface area (Å²) in [7, 11) is 0. The predicted molar refractivity (Wildman–Crippen MR) is 80.5 cm³/mol. The van der Waals surface area contributed by atoms with Crippen molar-refractivity contribution >= 4 is 27.3 Å². The lowest BCUT2D eigenvalue weighted by Gasteiger charge is -2.27. The van der Waals surface area contributed by atoms with Gasteiger partial charge in [-0.25, -0.2) is 4.98 Å². The smallest absolute Gasteiger partial charge is 0.217 e. The lowest BCUT2D eigenvalue weighted by atomic mass is 10.1. The largest absolute Gasteiger partial charge is 0.598 e. The third-order valence-corrected chi connectivity index (χ3v) is 4.46. The van der Waals surface area contributed by atoms with Crippen molar-refractivity contribution < 1.29 is 8.94 Å². The van der Waals surface area contributed by atoms with E-state index in [1.165, 1.54) is 6.20 Å². The van der Waals surface area contributed by atoms with Gasteiger partial charge in [-0.2, -0.15) is 4.39 Å². The van der Waals surface area contributed by atoms with Gasteiger partial charge in [0.2, 0.25) is 5.95 Å². The van der Waals surface area contributed by atoms with Gasteiger partial charge in [-0.05, 0) is 49.2 Å². The summed E-state index contributed by atoms with van der Waals surface area (Å²) in [6, 6.07) is 1.23. The molecule has 0 saturated carbocycles. The molecule has 0 aliphatic heterocycles. The standard InChI is InChI=1S/C13H18BrFN2OS/c1-5-6-11(17-19(18)13(2,3)4)10-7-9(14)8-16-12(10)15/h5,7-8,11,17H,1,6H2,2-4H3/t11-,19?/m0/s1. The zero-order valence-electron chi connectivity index (χ0n) is 11.2. The minimum Gasteiger partial charge on any atom is -0.598 e. The van der Waals surface area contributed by atoms with E-state index in [2.05, 4.69) is 32.2 Å². The molecule has 106 valence electrons. The summed E-state index contributed by atoms with van der Waals surface area (Å²) in [6.45, 7) is 9.23. The number of aromatic nitrogens is 1. The first-order valence-electron chi connectivity index (χ1n) is 5.85. The van der Waals surface area contributed by atoms with Gasteiger partial charge in [0.15, 0.2) is 0 Å². The molecule has 0 bridgehead atoms. The molecule has 1 heterocycles. The molecule has 0 amide bonds. The second-order valence-electron chi connectivity index (χ2n) is 5.11. The highest BCUT2D eigenvalue weighted by Crippen LogP contribution is 2.26. The quantitative estimate of drug-likeness (QED) is 0.501. The molecule has 2 atom stereocenters. The van der Waals surface area contributed by atoms with E-state index in [9.17, 15) is 8.94 Å². The number of nitrogens with one attached hydrogen (secondary N) is 1. The predicted octanol–water partition coefficient (Wildman–Crippen LogP) is 3.65. The summed E-state index contributed by atoms with van der Waals surface area (Å²) >= 11 is 1.97. The number of hydrogen-bond donors (Lipinski definition) is 1. The summed E-state index contributed by atoms with van der Waals surface area (Å²) in [5.74, 6) is -0.562. The Morgan fingerprint density at radius 3 is 2.79 bits per heavy atom. The van der Waals surface area contributed by atoms with Gasteiger partial charge in [0.05, 0.1) is 6.04 Å². The van der Waals surface area contributed by atoms with Gasteiger partial charge in [-0.15, -0.1) is 11.3 Å². The molecular formula is C13H18BrFN2OS. The SMILES string of the molecule is C=CC[C@H](N[S+]([O-])C(C)(C)C)c1cc(Br)cnc1F. The van der Waals surface area contributed by atoms with Crippen LogP contribution in [0.15, 0.2) is 29.4 Å². The summed E-state index contributed by atoms with van der Waals surface area (Å²) in [6.07, 6.45) is 3.53. The van der Waals surface area contributed by atoms with E-state index in [0.29, 0.717) is 16.5 Å². The van der Waals surface area contributed by atoms with Crippen LogP contribution >= 0.6 is 15.9 Å². The van der Waals surface area contributed by atoms with Crippen LogP contribution in [0.5, 0.6) is 0 Å². The Labute approximate surface area is 125 Å². The highest BCUT2D eigenvalue weighted by Gasteiger charge is 2.30. The van der Waals surface area contributed by atoms with Gasteiger partial charge in [0.25, 0.3) is 0 Å². The van der Waals surface area contributed by atoms with Crippen LogP contribution in [0.2, 0.25) is 0 Å². The molecular weight excluding hydrogens is 331 g/mol. The minimum absolute atomic E-state index is 0.381. The summed E-state index contributed by atoms with van der Waals surface area (Å²) in [5.41, 5.74) is 0.381. The Morgan fingerprint density at radius 1 is 1.63 bits per heavy atom. The van der Waals surface area contributed by atoms with Gasteiger partial charge in [-0.1, -0.05) is 6.08 Å². The van der Waals surface area contributed by atoms with E-state index >= 15 is 0 Å². The van der Waals surface area contributed by atoms with E-state index < -0.39 is 28.1 Å². The topological polar surface area (TPSA) is 48.0 Å². The normalized spacial score (nSPS) is 15.1. The molecule has 0 radical (unpaired) electrons. The van der Waals surface area contributed by atoms with E-state index in [1.807, 2.05) is 20.8 Å². The maximum absolute atomic E-state index is 13.8. The molecule has 0 aromatic carbocycles. The monoisotopic (exact) mass is 348 g/mol. The molecule has 1 N–H and O–H groups in total. The first-order valence-corrected chi connectivity index (χ1v) is 7.80. The third kappa shape index (κ3) is 4.87. The van der Waals surface area contributed by atoms with Crippen LogP contribution in [0.3, 0.4) is 0 Å². The lowest BCUT2D eigenvalue weighted by Crippen LogP contribution is -2.41. The molecule has 0 spiro atoms. The fraction of sp³-hybridized carbons (Fsp3) is 0.462. The zero-order valence-corrected chi connectivity index (χ0v) is 13.6. The van der Waals surface area contributed by atoms with Crippen molar-refractivity contribution in [1.29, 1.82) is 0 Å². The highest BCUT2D eigenvalue weighted by molar-refractivity contribution is 9.10. The average Bonchev–Trinajstić information content (AvgIpc) is 2.30. The number of halogens is 2. The van der Waals surface area contributed by atoms with Crippen LogP contribution < -0.4 is 4.72 Å². The van der Waals surface area contributed by atoms with Crippen molar-refractivity contribution in [3.05, 3.63) is 40.9 Å². The summed E-state index contributed by atoms with van der Waals surface area (Å²) < 4.78 is 29.1. The molecule has 3 nitrogen and oxygen atoms in total. The number of pyridine rings is 1. The van der Waals surface area contributed by atoms with Crippen LogP contribution in [0, 0.1) is 5.95 Å². The lowest BCUT2D eigenvalue weighted by molar-refractivity contribution is 0.502. The number of hydrogen-bond acceptors (Lipinski definition) is 3. The van der Waals surface area contributed by atoms with E-state index in [4.69, 9.17) is 0 Å². The molecule has 1 aromatic heterocycles. The van der Waals surface area contributed by atoms with Crippen LogP contribution in [-0.2, 0) is 11.4 Å². The Kier molecular flexibility index (Phi) is 5.98. The van der Waals surface area contributed by atoms with Gasteiger partial charge in [0.1, 0.15) is 4.75 Å². The Balaban J connectivity index is 3.00. The minimum atomic E-state index is -1.29. The molecule has 0 aliphatic carbocycles. The molecule has 6 heteroatoms. The van der Waals surface area contributed by atoms with Gasteiger partial charge in [-0.3, -0.25) is 0 Å². The van der Waals surface area contributed by atoms with Gasteiger partial charge >= 0.3 is 0 Å². The number of nitrogens with zero attached hydrogens (tertiary/aromatic N) is 1. The fourth-order valence-corrected chi connectivity index (χ4v) is 2.58. The van der Waals surface area contributed by atoms with E-state index in [1.54, 1.807) is 12.1 Å². The maximum atomic E-state index is 13.8. The van der Waals surface area contributed by atoms with Crippen LogP contribution in [0.1, 0.15) is 38.8 Å². The molecule has 1 rings (SSSR count). The Bertz CT molecular complexity index is 451. The first kappa shape index (κ1) is 16.6. The van der Waals surface area contributed by atoms with Crippen molar-refractivity contribution in [2.75, 3.05) is 0 Å². The van der Waals surface area contributed by atoms with Crippen molar-refractivity contribution in [2.24, 2.45) is 0 Å². The zero-order chi connectivity index (χ0) is 14.6. The van der Waals surface area contributed by atoms with E-state index in [0.717, 1.165) is 0 Å². The Hall–Kier alpha value is -0.430. The summed E-state index contributed by atoms with van der Waals surface area (Å²) in [5, 5.41) is 0. The maximum Gasteiger partial charge on any atom is 0.217 e. The fourth-order valence-electron chi connectivity index (χ4n) is 1.39. The summed E-state index contributed by atoms with van der Waals surface area (Å²) in [4.78, 5) is 3.66. The molecule has 1 aromatic rings. The second kappa shape index (κ2) is 6.83. The number of rotatable bonds is 5. The van der Waals surface area contributed by atoms with Gasteiger partial charge < -0.3 is 4.55 Å². The van der Waals surface area contributed by atoms with Crippen LogP contribution in [-0.4, -0.2) is 14.3 Å². The third-order valence-electron chi connectivity index (χ3n) is 2.42.